The standard InChI is InChI=1S/C10H11Cl2NO2/c11-7-2-3-8(12)6(5-7)1-4-9(13)10(14)15/h2-3,5,9H,1,4,13H2,(H,14,15)/t9-/m1/s1. The predicted octanol–water partition coefficient (Wildman–Crippen LogP) is 2.34. The molecule has 1 atom stereocenters. The Morgan fingerprint density at radius 3 is 2.73 bits per heavy atom. The summed E-state index contributed by atoms with van der Waals surface area (Å²) in [7, 11) is 0. The van der Waals surface area contributed by atoms with Crippen LogP contribution in [0.4, 0.5) is 0 Å². The Bertz CT molecular complexity index is 368. The van der Waals surface area contributed by atoms with Crippen molar-refractivity contribution in [1.29, 1.82) is 0 Å². The molecule has 82 valence electrons. The summed E-state index contributed by atoms with van der Waals surface area (Å²) in [5.41, 5.74) is 6.20. The highest BCUT2D eigenvalue weighted by Gasteiger charge is 2.12. The molecule has 0 bridgehead atoms. The van der Waals surface area contributed by atoms with Gasteiger partial charge in [-0.25, -0.2) is 0 Å². The van der Waals surface area contributed by atoms with E-state index in [2.05, 4.69) is 0 Å². The fourth-order valence-electron chi connectivity index (χ4n) is 1.17. The SMILES string of the molecule is N[C@H](CCc1cc(Cl)ccc1Cl)C(=O)O. The Balaban J connectivity index is 2.65. The van der Waals surface area contributed by atoms with E-state index in [1.54, 1.807) is 18.2 Å². The molecule has 0 unspecified atom stereocenters. The summed E-state index contributed by atoms with van der Waals surface area (Å²) >= 11 is 11.7. The molecule has 0 aliphatic heterocycles. The highest BCUT2D eigenvalue weighted by Crippen LogP contribution is 2.22. The van der Waals surface area contributed by atoms with Crippen LogP contribution in [0, 0.1) is 0 Å². The number of rotatable bonds is 4. The van der Waals surface area contributed by atoms with Crippen LogP contribution < -0.4 is 5.73 Å². The number of carboxylic acid groups (broad SMARTS) is 1. The molecule has 0 heterocycles. The van der Waals surface area contributed by atoms with Gasteiger partial charge in [0.2, 0.25) is 0 Å². The summed E-state index contributed by atoms with van der Waals surface area (Å²) in [5, 5.41) is 9.76. The third-order valence-corrected chi connectivity index (χ3v) is 2.65. The number of aryl methyl sites for hydroxylation is 1. The van der Waals surface area contributed by atoms with Crippen LogP contribution in [0.15, 0.2) is 18.2 Å². The average molecular weight is 248 g/mol. The molecule has 0 aliphatic carbocycles. The molecular formula is C10H11Cl2NO2. The number of halogens is 2. The fraction of sp³-hybridized carbons (Fsp3) is 0.300. The van der Waals surface area contributed by atoms with Crippen molar-refractivity contribution < 1.29 is 9.90 Å². The zero-order valence-corrected chi connectivity index (χ0v) is 9.42. The van der Waals surface area contributed by atoms with Crippen molar-refractivity contribution in [3.05, 3.63) is 33.8 Å². The van der Waals surface area contributed by atoms with E-state index in [1.807, 2.05) is 0 Å². The third-order valence-electron chi connectivity index (χ3n) is 2.05. The number of nitrogens with two attached hydrogens (primary N) is 1. The summed E-state index contributed by atoms with van der Waals surface area (Å²) < 4.78 is 0. The molecule has 1 rings (SSSR count). The number of hydrogen-bond donors (Lipinski definition) is 2. The van der Waals surface area contributed by atoms with Crippen LogP contribution in [0.1, 0.15) is 12.0 Å². The molecule has 3 N–H and O–H groups in total. The molecular weight excluding hydrogens is 237 g/mol. The van der Waals surface area contributed by atoms with Gasteiger partial charge in [0.25, 0.3) is 0 Å². The van der Waals surface area contributed by atoms with E-state index in [9.17, 15) is 4.79 Å². The Morgan fingerprint density at radius 2 is 2.13 bits per heavy atom. The first-order valence-electron chi connectivity index (χ1n) is 4.43. The quantitative estimate of drug-likeness (QED) is 0.859. The Kier molecular flexibility index (Phi) is 4.39. The monoisotopic (exact) mass is 247 g/mol. The fourth-order valence-corrected chi connectivity index (χ4v) is 1.58. The lowest BCUT2D eigenvalue weighted by Crippen LogP contribution is -2.30. The highest BCUT2D eigenvalue weighted by molar-refractivity contribution is 6.33. The molecule has 0 saturated carbocycles. The van der Waals surface area contributed by atoms with Gasteiger partial charge < -0.3 is 10.8 Å². The van der Waals surface area contributed by atoms with Crippen molar-refractivity contribution in [3.63, 3.8) is 0 Å². The summed E-state index contributed by atoms with van der Waals surface area (Å²) in [6.45, 7) is 0. The molecule has 5 heteroatoms. The molecule has 0 fully saturated rings. The van der Waals surface area contributed by atoms with Crippen molar-refractivity contribution >= 4 is 29.2 Å². The van der Waals surface area contributed by atoms with Gasteiger partial charge in [0, 0.05) is 10.0 Å². The molecule has 0 saturated heterocycles. The second-order valence-corrected chi connectivity index (χ2v) is 4.06. The van der Waals surface area contributed by atoms with Crippen molar-refractivity contribution in [2.45, 2.75) is 18.9 Å². The van der Waals surface area contributed by atoms with Gasteiger partial charge in [-0.1, -0.05) is 23.2 Å². The molecule has 3 nitrogen and oxygen atoms in total. The Morgan fingerprint density at radius 1 is 1.47 bits per heavy atom. The average Bonchev–Trinajstić information content (AvgIpc) is 2.18. The highest BCUT2D eigenvalue weighted by atomic mass is 35.5. The van der Waals surface area contributed by atoms with Gasteiger partial charge in [-0.15, -0.1) is 0 Å². The number of aliphatic carboxylic acids is 1. The molecule has 0 spiro atoms. The van der Waals surface area contributed by atoms with Crippen molar-refractivity contribution in [2.24, 2.45) is 5.73 Å². The van der Waals surface area contributed by atoms with E-state index >= 15 is 0 Å². The van der Waals surface area contributed by atoms with Gasteiger partial charge in [-0.2, -0.15) is 0 Å². The van der Waals surface area contributed by atoms with Gasteiger partial charge in [0.1, 0.15) is 6.04 Å². The second-order valence-electron chi connectivity index (χ2n) is 3.22. The first-order valence-corrected chi connectivity index (χ1v) is 5.18. The van der Waals surface area contributed by atoms with Crippen molar-refractivity contribution in [2.75, 3.05) is 0 Å². The van der Waals surface area contributed by atoms with Crippen LogP contribution in [-0.2, 0) is 11.2 Å². The lowest BCUT2D eigenvalue weighted by molar-refractivity contribution is -0.138. The number of carbonyl (C=O) groups is 1. The molecule has 1 aromatic carbocycles. The maximum absolute atomic E-state index is 10.5. The normalized spacial score (nSPS) is 12.5. The van der Waals surface area contributed by atoms with Crippen molar-refractivity contribution in [1.82, 2.24) is 0 Å². The summed E-state index contributed by atoms with van der Waals surface area (Å²) in [6, 6.07) is 4.23. The van der Waals surface area contributed by atoms with Gasteiger partial charge in [0.05, 0.1) is 0 Å². The lowest BCUT2D eigenvalue weighted by atomic mass is 10.1. The summed E-state index contributed by atoms with van der Waals surface area (Å²) in [6.07, 6.45) is 0.849. The van der Waals surface area contributed by atoms with Crippen LogP contribution in [-0.4, -0.2) is 17.1 Å². The maximum Gasteiger partial charge on any atom is 0.320 e. The van der Waals surface area contributed by atoms with E-state index in [0.717, 1.165) is 5.56 Å². The van der Waals surface area contributed by atoms with E-state index in [0.29, 0.717) is 22.9 Å². The largest absolute Gasteiger partial charge is 0.480 e. The van der Waals surface area contributed by atoms with Crippen molar-refractivity contribution in [3.8, 4) is 0 Å². The molecule has 15 heavy (non-hydrogen) atoms. The van der Waals surface area contributed by atoms with E-state index < -0.39 is 12.0 Å². The van der Waals surface area contributed by atoms with Crippen LogP contribution in [0.25, 0.3) is 0 Å². The van der Waals surface area contributed by atoms with E-state index in [1.165, 1.54) is 0 Å². The van der Waals surface area contributed by atoms with E-state index in [-0.39, 0.29) is 0 Å². The predicted molar refractivity (Wildman–Crippen MR) is 60.4 cm³/mol. The zero-order chi connectivity index (χ0) is 11.4. The lowest BCUT2D eigenvalue weighted by Gasteiger charge is -2.07. The van der Waals surface area contributed by atoms with Crippen LogP contribution in [0.5, 0.6) is 0 Å². The number of carboxylic acids is 1. The second kappa shape index (κ2) is 5.35. The minimum Gasteiger partial charge on any atom is -0.480 e. The Hall–Kier alpha value is -0.770. The van der Waals surface area contributed by atoms with Gasteiger partial charge in [-0.05, 0) is 36.6 Å². The molecule has 1 aromatic rings. The molecule has 0 radical (unpaired) electrons. The van der Waals surface area contributed by atoms with Crippen LogP contribution >= 0.6 is 23.2 Å². The Labute approximate surface area is 97.8 Å². The maximum atomic E-state index is 10.5. The topological polar surface area (TPSA) is 63.3 Å². The van der Waals surface area contributed by atoms with Gasteiger partial charge in [0.15, 0.2) is 0 Å². The summed E-state index contributed by atoms with van der Waals surface area (Å²) in [5.74, 6) is -1.01. The van der Waals surface area contributed by atoms with Gasteiger partial charge in [-0.3, -0.25) is 4.79 Å². The first-order chi connectivity index (χ1) is 7.00. The first kappa shape index (κ1) is 12.3. The molecule has 0 amide bonds. The van der Waals surface area contributed by atoms with Crippen LogP contribution in [0.2, 0.25) is 10.0 Å². The number of hydrogen-bond acceptors (Lipinski definition) is 2. The minimum absolute atomic E-state index is 0.343. The number of benzene rings is 1. The van der Waals surface area contributed by atoms with E-state index in [4.69, 9.17) is 34.0 Å². The third kappa shape index (κ3) is 3.70. The zero-order valence-electron chi connectivity index (χ0n) is 7.91. The minimum atomic E-state index is -1.01. The summed E-state index contributed by atoms with van der Waals surface area (Å²) in [4.78, 5) is 10.5. The van der Waals surface area contributed by atoms with Crippen LogP contribution in [0.3, 0.4) is 0 Å². The molecule has 0 aromatic heterocycles. The smallest absolute Gasteiger partial charge is 0.320 e. The molecule has 0 aliphatic rings. The van der Waals surface area contributed by atoms with Gasteiger partial charge >= 0.3 is 5.97 Å².